The van der Waals surface area contributed by atoms with Crippen molar-refractivity contribution in [1.29, 1.82) is 0 Å². The maximum Gasteiger partial charge on any atom is 0.0877 e. The van der Waals surface area contributed by atoms with Crippen molar-refractivity contribution in [3.63, 3.8) is 0 Å². The van der Waals surface area contributed by atoms with Crippen LogP contribution in [0.2, 0.25) is 0 Å². The van der Waals surface area contributed by atoms with Gasteiger partial charge in [-0.3, -0.25) is 0 Å². The van der Waals surface area contributed by atoms with Crippen LogP contribution in [0.4, 0.5) is 0 Å². The van der Waals surface area contributed by atoms with Crippen LogP contribution in [0.1, 0.15) is 52.9 Å². The van der Waals surface area contributed by atoms with Crippen molar-refractivity contribution in [3.8, 4) is 0 Å². The molecule has 0 fully saturated rings. The molecule has 0 aliphatic heterocycles. The second-order valence-electron chi connectivity index (χ2n) is 3.94. The monoisotopic (exact) mass is 204 g/mol. The van der Waals surface area contributed by atoms with E-state index in [0.29, 0.717) is 0 Å². The van der Waals surface area contributed by atoms with Gasteiger partial charge in [-0.1, -0.05) is 33.6 Å². The Balaban J connectivity index is 3.92. The topological polar surface area (TPSA) is 17.1 Å². The molecule has 0 spiro atoms. The third kappa shape index (κ3) is 6.32. The van der Waals surface area contributed by atoms with Crippen molar-refractivity contribution in [2.45, 2.75) is 52.9 Å². The van der Waals surface area contributed by atoms with Crippen LogP contribution in [0.15, 0.2) is 0 Å². The molecule has 0 radical (unpaired) electrons. The molecule has 0 bridgehead atoms. The first-order valence-corrected chi connectivity index (χ1v) is 8.02. The Labute approximate surface area is 83.7 Å². The van der Waals surface area contributed by atoms with Crippen molar-refractivity contribution in [2.75, 3.05) is 18.5 Å². The van der Waals surface area contributed by atoms with E-state index in [9.17, 15) is 4.57 Å². The van der Waals surface area contributed by atoms with Gasteiger partial charge in [-0.15, -0.1) is 0 Å². The van der Waals surface area contributed by atoms with Gasteiger partial charge in [0, 0.05) is 18.5 Å². The molecule has 0 aromatic heterocycles. The third-order valence-electron chi connectivity index (χ3n) is 2.47. The van der Waals surface area contributed by atoms with Gasteiger partial charge < -0.3 is 4.57 Å². The maximum atomic E-state index is 12.3. The summed E-state index contributed by atoms with van der Waals surface area (Å²) in [5.41, 5.74) is 0. The van der Waals surface area contributed by atoms with E-state index in [0.717, 1.165) is 37.7 Å². The molecule has 0 aromatic rings. The van der Waals surface area contributed by atoms with Gasteiger partial charge in [0.25, 0.3) is 0 Å². The Bertz CT molecular complexity index is 142. The largest absolute Gasteiger partial charge is 0.324 e. The fraction of sp³-hybridized carbons (Fsp3) is 1.00. The summed E-state index contributed by atoms with van der Waals surface area (Å²) in [6.07, 6.45) is 8.73. The first-order valence-electron chi connectivity index (χ1n) is 5.75. The van der Waals surface area contributed by atoms with Crippen LogP contribution in [0, 0.1) is 0 Å². The predicted octanol–water partition coefficient (Wildman–Crippen LogP) is 4.36. The van der Waals surface area contributed by atoms with Gasteiger partial charge in [-0.05, 0) is 19.3 Å². The summed E-state index contributed by atoms with van der Waals surface area (Å²) >= 11 is 0. The van der Waals surface area contributed by atoms with Gasteiger partial charge in [0.1, 0.15) is 0 Å². The van der Waals surface area contributed by atoms with E-state index < -0.39 is 7.14 Å². The minimum Gasteiger partial charge on any atom is -0.324 e. The van der Waals surface area contributed by atoms with E-state index in [2.05, 4.69) is 20.8 Å². The average Bonchev–Trinajstić information content (AvgIpc) is 2.12. The molecule has 0 atom stereocenters. The highest BCUT2D eigenvalue weighted by Gasteiger charge is 2.18. The molecule has 0 amide bonds. The SMILES string of the molecule is CCCCP(=O)(CCC)CCCC. The molecule has 0 rings (SSSR count). The summed E-state index contributed by atoms with van der Waals surface area (Å²) in [4.78, 5) is 0. The zero-order chi connectivity index (χ0) is 10.2. The van der Waals surface area contributed by atoms with Gasteiger partial charge in [0.2, 0.25) is 0 Å². The van der Waals surface area contributed by atoms with Crippen LogP contribution in [0.3, 0.4) is 0 Å². The van der Waals surface area contributed by atoms with Crippen molar-refractivity contribution >= 4 is 7.14 Å². The predicted molar refractivity (Wildman–Crippen MR) is 62.3 cm³/mol. The van der Waals surface area contributed by atoms with Gasteiger partial charge in [0.05, 0.1) is 7.14 Å². The normalized spacial score (nSPS) is 11.9. The molecular formula is C11H25OP. The second kappa shape index (κ2) is 7.62. The van der Waals surface area contributed by atoms with Gasteiger partial charge in [0.15, 0.2) is 0 Å². The maximum absolute atomic E-state index is 12.3. The van der Waals surface area contributed by atoms with Crippen molar-refractivity contribution in [2.24, 2.45) is 0 Å². The number of hydrogen-bond acceptors (Lipinski definition) is 1. The molecule has 0 aliphatic rings. The Morgan fingerprint density at radius 1 is 0.769 bits per heavy atom. The zero-order valence-corrected chi connectivity index (χ0v) is 10.4. The molecule has 0 saturated carbocycles. The zero-order valence-electron chi connectivity index (χ0n) is 9.51. The van der Waals surface area contributed by atoms with E-state index in [4.69, 9.17) is 0 Å². The van der Waals surface area contributed by atoms with Crippen molar-refractivity contribution in [3.05, 3.63) is 0 Å². The molecule has 0 saturated heterocycles. The molecular weight excluding hydrogens is 179 g/mol. The van der Waals surface area contributed by atoms with Crippen LogP contribution in [-0.4, -0.2) is 18.5 Å². The second-order valence-corrected chi connectivity index (χ2v) is 7.39. The van der Waals surface area contributed by atoms with E-state index in [-0.39, 0.29) is 0 Å². The fourth-order valence-corrected chi connectivity index (χ4v) is 4.91. The van der Waals surface area contributed by atoms with E-state index >= 15 is 0 Å². The van der Waals surface area contributed by atoms with Crippen LogP contribution in [0.5, 0.6) is 0 Å². The lowest BCUT2D eigenvalue weighted by molar-refractivity contribution is 0.568. The first-order chi connectivity index (χ1) is 6.18. The van der Waals surface area contributed by atoms with Crippen LogP contribution in [-0.2, 0) is 4.57 Å². The van der Waals surface area contributed by atoms with Crippen LogP contribution >= 0.6 is 7.14 Å². The van der Waals surface area contributed by atoms with Crippen LogP contribution < -0.4 is 0 Å². The van der Waals surface area contributed by atoms with Crippen molar-refractivity contribution in [1.82, 2.24) is 0 Å². The van der Waals surface area contributed by atoms with E-state index in [1.54, 1.807) is 0 Å². The molecule has 0 N–H and O–H groups in total. The Kier molecular flexibility index (Phi) is 7.75. The lowest BCUT2D eigenvalue weighted by Gasteiger charge is -2.16. The smallest absolute Gasteiger partial charge is 0.0877 e. The average molecular weight is 204 g/mol. The van der Waals surface area contributed by atoms with E-state index in [1.807, 2.05) is 0 Å². The number of hydrogen-bond donors (Lipinski definition) is 0. The minimum atomic E-state index is -1.75. The van der Waals surface area contributed by atoms with Crippen molar-refractivity contribution < 1.29 is 4.57 Å². The molecule has 13 heavy (non-hydrogen) atoms. The summed E-state index contributed by atoms with van der Waals surface area (Å²) in [6, 6.07) is 0. The summed E-state index contributed by atoms with van der Waals surface area (Å²) in [6.45, 7) is 6.50. The van der Waals surface area contributed by atoms with Gasteiger partial charge in [-0.2, -0.15) is 0 Å². The number of rotatable bonds is 8. The lowest BCUT2D eigenvalue weighted by Crippen LogP contribution is -1.99. The highest BCUT2D eigenvalue weighted by molar-refractivity contribution is 7.63. The summed E-state index contributed by atoms with van der Waals surface area (Å²) in [5, 5.41) is 0. The lowest BCUT2D eigenvalue weighted by atomic mass is 10.4. The van der Waals surface area contributed by atoms with Gasteiger partial charge >= 0.3 is 0 Å². The minimum absolute atomic E-state index is 0.979. The molecule has 0 aliphatic carbocycles. The van der Waals surface area contributed by atoms with Crippen LogP contribution in [0.25, 0.3) is 0 Å². The van der Waals surface area contributed by atoms with Gasteiger partial charge in [-0.25, -0.2) is 0 Å². The summed E-state index contributed by atoms with van der Waals surface area (Å²) in [5.74, 6) is 0. The summed E-state index contributed by atoms with van der Waals surface area (Å²) in [7, 11) is -1.75. The van der Waals surface area contributed by atoms with E-state index in [1.165, 1.54) is 12.8 Å². The molecule has 1 nitrogen and oxygen atoms in total. The Hall–Kier alpha value is 0.230. The standard InChI is InChI=1S/C11H25OP/c1-4-7-10-13(12,9-6-3)11-8-5-2/h4-11H2,1-3H3. The highest BCUT2D eigenvalue weighted by atomic mass is 31.2. The first kappa shape index (κ1) is 13.2. The molecule has 0 heterocycles. The quantitative estimate of drug-likeness (QED) is 0.537. The molecule has 0 aromatic carbocycles. The molecule has 2 heteroatoms. The molecule has 80 valence electrons. The Morgan fingerprint density at radius 2 is 1.23 bits per heavy atom. The number of unbranched alkanes of at least 4 members (excludes halogenated alkanes) is 2. The molecule has 0 unspecified atom stereocenters. The Morgan fingerprint density at radius 3 is 1.54 bits per heavy atom. The fourth-order valence-electron chi connectivity index (χ4n) is 1.64. The third-order valence-corrected chi connectivity index (χ3v) is 5.99. The highest BCUT2D eigenvalue weighted by Crippen LogP contribution is 2.47. The summed E-state index contributed by atoms with van der Waals surface area (Å²) < 4.78 is 12.3.